The minimum atomic E-state index is -1.04. The Morgan fingerprint density at radius 1 is 1.02 bits per heavy atom. The maximum atomic E-state index is 13.5. The molecule has 1 unspecified atom stereocenters. The van der Waals surface area contributed by atoms with Gasteiger partial charge < -0.3 is 35.8 Å². The van der Waals surface area contributed by atoms with Crippen molar-refractivity contribution in [1.82, 2.24) is 20.9 Å². The van der Waals surface area contributed by atoms with E-state index in [9.17, 15) is 29.0 Å². The van der Waals surface area contributed by atoms with E-state index >= 15 is 0 Å². The van der Waals surface area contributed by atoms with Crippen molar-refractivity contribution in [1.29, 1.82) is 0 Å². The second-order valence-electron chi connectivity index (χ2n) is 11.0. The van der Waals surface area contributed by atoms with Crippen LogP contribution in [0, 0.1) is 11.7 Å². The number of halogens is 1. The molecule has 10 nitrogen and oxygen atoms in total. The summed E-state index contributed by atoms with van der Waals surface area (Å²) in [5.41, 5.74) is 1.18. The van der Waals surface area contributed by atoms with E-state index in [1.165, 1.54) is 35.2 Å². The van der Waals surface area contributed by atoms with Crippen molar-refractivity contribution in [2.75, 3.05) is 20.1 Å². The molecule has 0 bridgehead atoms. The van der Waals surface area contributed by atoms with Gasteiger partial charge in [0.05, 0.1) is 12.1 Å². The van der Waals surface area contributed by atoms with Crippen LogP contribution >= 0.6 is 0 Å². The summed E-state index contributed by atoms with van der Waals surface area (Å²) in [5, 5.41) is 30.0. The highest BCUT2D eigenvalue weighted by Gasteiger charge is 2.39. The molecule has 4 rings (SSSR count). The Bertz CT molecular complexity index is 1240. The third-order valence-corrected chi connectivity index (χ3v) is 7.64. The van der Waals surface area contributed by atoms with E-state index in [0.29, 0.717) is 17.7 Å². The van der Waals surface area contributed by atoms with E-state index in [4.69, 9.17) is 4.74 Å². The first kappa shape index (κ1) is 30.3. The molecule has 5 atom stereocenters. The van der Waals surface area contributed by atoms with Gasteiger partial charge in [-0.25, -0.2) is 4.39 Å². The number of rotatable bonds is 3. The highest BCUT2D eigenvalue weighted by molar-refractivity contribution is 5.93. The summed E-state index contributed by atoms with van der Waals surface area (Å²) in [6, 6.07) is 8.03. The van der Waals surface area contributed by atoms with Crippen LogP contribution in [0.4, 0.5) is 4.39 Å². The summed E-state index contributed by atoms with van der Waals surface area (Å²) in [6.45, 7) is 3.59. The third-order valence-electron chi connectivity index (χ3n) is 7.64. The van der Waals surface area contributed by atoms with Gasteiger partial charge in [-0.2, -0.15) is 0 Å². The monoisotopic (exact) mass is 570 g/mol. The Hall–Kier alpha value is -3.70. The van der Waals surface area contributed by atoms with Crippen LogP contribution in [0.3, 0.4) is 0 Å². The minimum Gasteiger partial charge on any atom is -0.504 e. The number of likely N-dealkylation sites (N-methyl/N-ethyl adjacent to an activating group) is 1. The molecule has 2 aliphatic rings. The van der Waals surface area contributed by atoms with Crippen LogP contribution in [0.5, 0.6) is 11.5 Å². The number of ether oxygens (including phenoxy) is 1. The fourth-order valence-corrected chi connectivity index (χ4v) is 4.90. The van der Waals surface area contributed by atoms with Crippen molar-refractivity contribution in [3.05, 3.63) is 59.4 Å². The molecule has 41 heavy (non-hydrogen) atoms. The summed E-state index contributed by atoms with van der Waals surface area (Å²) < 4.78 is 19.5. The smallest absolute Gasteiger partial charge is 0.243 e. The van der Waals surface area contributed by atoms with Crippen molar-refractivity contribution in [3.8, 4) is 11.5 Å². The van der Waals surface area contributed by atoms with Gasteiger partial charge in [-0.1, -0.05) is 24.3 Å². The summed E-state index contributed by atoms with van der Waals surface area (Å²) >= 11 is 0. The molecule has 1 fully saturated rings. The lowest BCUT2D eigenvalue weighted by atomic mass is 10.0. The zero-order chi connectivity index (χ0) is 29.7. The quantitative estimate of drug-likeness (QED) is 0.375. The van der Waals surface area contributed by atoms with Crippen molar-refractivity contribution in [2.24, 2.45) is 5.92 Å². The van der Waals surface area contributed by atoms with Gasteiger partial charge in [0.1, 0.15) is 24.0 Å². The van der Waals surface area contributed by atoms with Crippen LogP contribution in [0.15, 0.2) is 42.5 Å². The molecular weight excluding hydrogens is 531 g/mol. The molecule has 2 aromatic rings. The number of phenols is 1. The van der Waals surface area contributed by atoms with Crippen molar-refractivity contribution >= 4 is 17.7 Å². The predicted molar refractivity (Wildman–Crippen MR) is 150 cm³/mol. The number of amides is 3. The van der Waals surface area contributed by atoms with E-state index in [1.54, 1.807) is 26.1 Å². The number of hydrogen-bond acceptors (Lipinski definition) is 7. The van der Waals surface area contributed by atoms with Gasteiger partial charge in [-0.15, -0.1) is 0 Å². The molecule has 1 heterocycles. The average molecular weight is 571 g/mol. The first-order valence-corrected chi connectivity index (χ1v) is 14.0. The van der Waals surface area contributed by atoms with Crippen molar-refractivity contribution < 1.29 is 33.7 Å². The molecule has 0 spiro atoms. The Morgan fingerprint density at radius 3 is 2.41 bits per heavy atom. The van der Waals surface area contributed by atoms with Gasteiger partial charge in [-0.05, 0) is 56.4 Å². The summed E-state index contributed by atoms with van der Waals surface area (Å²) in [4.78, 5) is 41.4. The summed E-state index contributed by atoms with van der Waals surface area (Å²) in [6.07, 6.45) is 0.491. The largest absolute Gasteiger partial charge is 0.504 e. The lowest BCUT2D eigenvalue weighted by Crippen LogP contribution is -2.57. The molecule has 222 valence electrons. The van der Waals surface area contributed by atoms with E-state index in [-0.39, 0.29) is 42.7 Å². The molecule has 2 aromatic carbocycles. The summed E-state index contributed by atoms with van der Waals surface area (Å²) in [5.74, 6) is -1.43. The molecule has 5 N–H and O–H groups in total. The van der Waals surface area contributed by atoms with Gasteiger partial charge in [0, 0.05) is 38.5 Å². The van der Waals surface area contributed by atoms with E-state index in [0.717, 1.165) is 12.8 Å². The first-order chi connectivity index (χ1) is 19.5. The maximum Gasteiger partial charge on any atom is 0.243 e. The van der Waals surface area contributed by atoms with Crippen LogP contribution in [-0.4, -0.2) is 83.3 Å². The number of phenolic OH excluding ortho intramolecular Hbond substituents is 1. The highest BCUT2D eigenvalue weighted by Crippen LogP contribution is 2.34. The fraction of sp³-hybridized carbons (Fsp3) is 0.500. The predicted octanol–water partition coefficient (Wildman–Crippen LogP) is 1.27. The fourth-order valence-electron chi connectivity index (χ4n) is 4.90. The number of para-hydroxylation sites is 1. The third kappa shape index (κ3) is 7.95. The average Bonchev–Trinajstić information content (AvgIpc) is 3.78. The van der Waals surface area contributed by atoms with E-state index < -0.39 is 48.0 Å². The standard InChI is InChI=1S/C30H39FN4O6/c1-17-15-32-26(20-9-10-20)30(40)35(3)18(2)28(38)34-24(13-19-7-11-22(31)12-8-19)29(39)33-16-23(36)14-21-5-4-6-25(37)27(21)41-17/h4-8,11-12,17-18,20,23-24,26,32,36-37H,9-10,13-16H2,1-3H3,(H,33,39)(H,34,38)/t17-,18-,23?,24-,26+/m1/s1. The number of aliphatic hydroxyl groups excluding tert-OH is 1. The maximum absolute atomic E-state index is 13.5. The number of carbonyl (C=O) groups excluding carboxylic acids is 3. The Balaban J connectivity index is 1.61. The molecule has 3 amide bonds. The van der Waals surface area contributed by atoms with Crippen LogP contribution in [0.2, 0.25) is 0 Å². The SMILES string of the molecule is C[C@@H]1CN[C@@H](C2CC2)C(=O)N(C)[C@H](C)C(=O)N[C@H](Cc2ccc(F)cc2)C(=O)NCC(O)Cc2cccc(O)c2O1. The Labute approximate surface area is 239 Å². The van der Waals surface area contributed by atoms with Crippen LogP contribution in [0.25, 0.3) is 0 Å². The number of aliphatic hydroxyl groups is 1. The van der Waals surface area contributed by atoms with Gasteiger partial charge in [0.25, 0.3) is 0 Å². The van der Waals surface area contributed by atoms with E-state index in [1.807, 2.05) is 6.92 Å². The van der Waals surface area contributed by atoms with Gasteiger partial charge in [0.15, 0.2) is 11.5 Å². The molecule has 0 saturated heterocycles. The number of nitrogens with zero attached hydrogens (tertiary/aromatic N) is 1. The van der Waals surface area contributed by atoms with Crippen molar-refractivity contribution in [3.63, 3.8) is 0 Å². The van der Waals surface area contributed by atoms with Gasteiger partial charge in [-0.3, -0.25) is 14.4 Å². The molecule has 0 radical (unpaired) electrons. The second-order valence-corrected chi connectivity index (χ2v) is 11.0. The number of nitrogens with one attached hydrogen (secondary N) is 3. The normalized spacial score (nSPS) is 27.1. The molecule has 1 saturated carbocycles. The van der Waals surface area contributed by atoms with Crippen LogP contribution in [0.1, 0.15) is 37.8 Å². The zero-order valence-electron chi connectivity index (χ0n) is 23.6. The van der Waals surface area contributed by atoms with Gasteiger partial charge >= 0.3 is 0 Å². The molecule has 1 aliphatic carbocycles. The number of β-amino-alcohol motifs (C(OH)–C–C–N with tert-alkyl or cyclic N) is 1. The van der Waals surface area contributed by atoms with Crippen molar-refractivity contribution in [2.45, 2.75) is 69.9 Å². The van der Waals surface area contributed by atoms with Crippen LogP contribution in [-0.2, 0) is 27.2 Å². The Morgan fingerprint density at radius 2 is 1.73 bits per heavy atom. The van der Waals surface area contributed by atoms with Crippen LogP contribution < -0.4 is 20.7 Å². The lowest BCUT2D eigenvalue weighted by molar-refractivity contribution is -0.141. The molecular formula is C30H39FN4O6. The number of aromatic hydroxyl groups is 1. The molecule has 0 aromatic heterocycles. The summed E-state index contributed by atoms with van der Waals surface area (Å²) in [7, 11) is 1.56. The van der Waals surface area contributed by atoms with E-state index in [2.05, 4.69) is 16.0 Å². The number of carbonyl (C=O) groups is 3. The molecule has 11 heteroatoms. The number of benzene rings is 2. The first-order valence-electron chi connectivity index (χ1n) is 14.0. The molecule has 1 aliphatic heterocycles. The number of fused-ring (bicyclic) bond motifs is 1. The van der Waals surface area contributed by atoms with Gasteiger partial charge in [0.2, 0.25) is 17.7 Å². The Kier molecular flexibility index (Phi) is 9.82. The second kappa shape index (κ2) is 13.3. The highest BCUT2D eigenvalue weighted by atomic mass is 19.1. The minimum absolute atomic E-state index is 0.0764. The number of hydrogen-bond donors (Lipinski definition) is 5. The topological polar surface area (TPSA) is 140 Å². The zero-order valence-corrected chi connectivity index (χ0v) is 23.6. The lowest BCUT2D eigenvalue weighted by Gasteiger charge is -2.31.